The molecule has 0 aliphatic carbocycles. The summed E-state index contributed by atoms with van der Waals surface area (Å²) in [6, 6.07) is 12.2. The molecule has 0 aliphatic heterocycles. The van der Waals surface area contributed by atoms with Crippen molar-refractivity contribution in [3.8, 4) is 11.5 Å². The van der Waals surface area contributed by atoms with Gasteiger partial charge in [-0.1, -0.05) is 50.2 Å². The van der Waals surface area contributed by atoms with Crippen LogP contribution in [-0.2, 0) is 31.0 Å². The number of rotatable bonds is 13. The molecule has 9 nitrogen and oxygen atoms in total. The molecule has 0 bridgehead atoms. The smallest absolute Gasteiger partial charge is 0.328 e. The molecule has 190 valence electrons. The fraction of sp³-hybridized carbons (Fsp3) is 0.423. The minimum Gasteiger partial charge on any atom is -0.504 e. The maximum absolute atomic E-state index is 12.6. The molecule has 35 heavy (non-hydrogen) atoms. The van der Waals surface area contributed by atoms with Crippen LogP contribution < -0.4 is 15.4 Å². The molecule has 2 atom stereocenters. The van der Waals surface area contributed by atoms with Gasteiger partial charge in [-0.05, 0) is 41.6 Å². The van der Waals surface area contributed by atoms with Gasteiger partial charge >= 0.3 is 11.9 Å². The van der Waals surface area contributed by atoms with Crippen LogP contribution in [-0.4, -0.2) is 60.9 Å². The van der Waals surface area contributed by atoms with E-state index >= 15 is 0 Å². The number of nitrogens with one attached hydrogen (secondary N) is 2. The third kappa shape index (κ3) is 8.29. The zero-order chi connectivity index (χ0) is 26.0. The first-order valence-electron chi connectivity index (χ1n) is 11.3. The summed E-state index contributed by atoms with van der Waals surface area (Å²) in [5.74, 6) is -1.95. The highest BCUT2D eigenvalue weighted by Crippen LogP contribution is 2.34. The van der Waals surface area contributed by atoms with Crippen molar-refractivity contribution in [2.45, 2.75) is 50.6 Å². The van der Waals surface area contributed by atoms with Gasteiger partial charge in [0.2, 0.25) is 5.91 Å². The Balaban J connectivity index is 1.96. The largest absolute Gasteiger partial charge is 0.504 e. The van der Waals surface area contributed by atoms with Gasteiger partial charge in [0.1, 0.15) is 12.1 Å². The summed E-state index contributed by atoms with van der Waals surface area (Å²) in [5.41, 5.74) is 1.32. The van der Waals surface area contributed by atoms with Gasteiger partial charge in [-0.25, -0.2) is 4.79 Å². The highest BCUT2D eigenvalue weighted by Gasteiger charge is 2.27. The Morgan fingerprint density at radius 1 is 1.03 bits per heavy atom. The van der Waals surface area contributed by atoms with E-state index in [1.54, 1.807) is 12.1 Å². The van der Waals surface area contributed by atoms with Crippen molar-refractivity contribution in [2.75, 3.05) is 20.8 Å². The van der Waals surface area contributed by atoms with Gasteiger partial charge < -0.3 is 30.3 Å². The van der Waals surface area contributed by atoms with Gasteiger partial charge in [-0.3, -0.25) is 9.59 Å². The number of ether oxygens (including phenoxy) is 2. The second kappa shape index (κ2) is 12.8. The topological polar surface area (TPSA) is 134 Å². The molecule has 2 aromatic rings. The number of carboxylic acid groups (broad SMARTS) is 1. The average molecular weight is 487 g/mol. The van der Waals surface area contributed by atoms with E-state index in [2.05, 4.69) is 10.6 Å². The SMILES string of the molecule is COC(=O)[C@H](Cc1ccccc1)NC(=O)C[C@H](NCCC(C)(C)c1ccc(OC)c(O)c1)C(=O)O. The predicted octanol–water partition coefficient (Wildman–Crippen LogP) is 2.40. The van der Waals surface area contributed by atoms with Crippen LogP contribution in [0.25, 0.3) is 0 Å². The van der Waals surface area contributed by atoms with E-state index in [4.69, 9.17) is 9.47 Å². The summed E-state index contributed by atoms with van der Waals surface area (Å²) >= 11 is 0. The number of carboxylic acids is 1. The molecule has 2 aromatic carbocycles. The number of carbonyl (C=O) groups is 3. The van der Waals surface area contributed by atoms with E-state index in [-0.39, 0.29) is 24.0 Å². The lowest BCUT2D eigenvalue weighted by molar-refractivity contribution is -0.145. The number of aliphatic carboxylic acids is 1. The first-order chi connectivity index (χ1) is 16.6. The third-order valence-electron chi connectivity index (χ3n) is 5.89. The molecule has 0 spiro atoms. The second-order valence-corrected chi connectivity index (χ2v) is 8.90. The first kappa shape index (κ1) is 27.7. The van der Waals surface area contributed by atoms with Gasteiger partial charge in [0.25, 0.3) is 0 Å². The number of phenolic OH excluding ortho intramolecular Hbond substituents is 1. The van der Waals surface area contributed by atoms with Crippen molar-refractivity contribution in [1.29, 1.82) is 0 Å². The average Bonchev–Trinajstić information content (AvgIpc) is 2.82. The number of carbonyl (C=O) groups excluding carboxylic acids is 2. The lowest BCUT2D eigenvalue weighted by Gasteiger charge is -2.27. The zero-order valence-electron chi connectivity index (χ0n) is 20.5. The minimum absolute atomic E-state index is 0.0294. The summed E-state index contributed by atoms with van der Waals surface area (Å²) in [5, 5.41) is 25.2. The van der Waals surface area contributed by atoms with E-state index in [1.807, 2.05) is 50.2 Å². The van der Waals surface area contributed by atoms with Crippen molar-refractivity contribution in [3.63, 3.8) is 0 Å². The van der Waals surface area contributed by atoms with Gasteiger partial charge in [0, 0.05) is 6.42 Å². The van der Waals surface area contributed by atoms with Gasteiger partial charge in [0.15, 0.2) is 11.5 Å². The molecule has 0 heterocycles. The van der Waals surface area contributed by atoms with E-state index in [0.717, 1.165) is 11.1 Å². The predicted molar refractivity (Wildman–Crippen MR) is 130 cm³/mol. The number of methoxy groups -OCH3 is 2. The number of benzene rings is 2. The number of hydrogen-bond donors (Lipinski definition) is 4. The lowest BCUT2D eigenvalue weighted by Crippen LogP contribution is -2.47. The van der Waals surface area contributed by atoms with Crippen LogP contribution in [0, 0.1) is 0 Å². The Morgan fingerprint density at radius 2 is 1.71 bits per heavy atom. The summed E-state index contributed by atoms with van der Waals surface area (Å²) < 4.78 is 9.87. The van der Waals surface area contributed by atoms with Crippen molar-refractivity contribution in [2.24, 2.45) is 0 Å². The number of aromatic hydroxyl groups is 1. The Labute approximate surface area is 205 Å². The Kier molecular flexibility index (Phi) is 10.1. The van der Waals surface area contributed by atoms with E-state index < -0.39 is 29.9 Å². The minimum atomic E-state index is -1.17. The highest BCUT2D eigenvalue weighted by molar-refractivity contribution is 5.88. The normalized spacial score (nSPS) is 12.9. The van der Waals surface area contributed by atoms with Crippen LogP contribution >= 0.6 is 0 Å². The van der Waals surface area contributed by atoms with Crippen LogP contribution in [0.4, 0.5) is 0 Å². The summed E-state index contributed by atoms with van der Waals surface area (Å²) in [6.45, 7) is 4.26. The maximum Gasteiger partial charge on any atom is 0.328 e. The van der Waals surface area contributed by atoms with Crippen LogP contribution in [0.15, 0.2) is 48.5 Å². The highest BCUT2D eigenvalue weighted by atomic mass is 16.5. The van der Waals surface area contributed by atoms with Gasteiger partial charge in [-0.2, -0.15) is 0 Å². The molecule has 1 amide bonds. The summed E-state index contributed by atoms with van der Waals surface area (Å²) in [4.78, 5) is 36.5. The molecule has 0 fully saturated rings. The van der Waals surface area contributed by atoms with Crippen molar-refractivity contribution >= 4 is 17.8 Å². The zero-order valence-corrected chi connectivity index (χ0v) is 20.5. The molecule has 0 unspecified atom stereocenters. The molecule has 2 rings (SSSR count). The van der Waals surface area contributed by atoms with E-state index in [0.29, 0.717) is 18.7 Å². The Hall–Kier alpha value is -3.59. The fourth-order valence-electron chi connectivity index (χ4n) is 3.68. The number of esters is 1. The molecule has 0 aliphatic rings. The standard InChI is InChI=1S/C26H34N2O7/c1-26(2,18-10-11-22(34-3)21(29)15-18)12-13-27-19(24(31)32)16-23(30)28-20(25(33)35-4)14-17-8-6-5-7-9-17/h5-11,15,19-20,27,29H,12-14,16H2,1-4H3,(H,28,30)(H,31,32)/t19-,20-/m0/s1. The maximum atomic E-state index is 12.6. The molecule has 4 N–H and O–H groups in total. The third-order valence-corrected chi connectivity index (χ3v) is 5.89. The molecular formula is C26H34N2O7. The molecule has 0 aromatic heterocycles. The monoisotopic (exact) mass is 486 g/mol. The number of hydrogen-bond acceptors (Lipinski definition) is 7. The fourth-order valence-corrected chi connectivity index (χ4v) is 3.68. The summed E-state index contributed by atoms with van der Waals surface area (Å²) in [6.07, 6.45) is 0.428. The molecule has 0 radical (unpaired) electrons. The second-order valence-electron chi connectivity index (χ2n) is 8.90. The number of amides is 1. The molecular weight excluding hydrogens is 452 g/mol. The van der Waals surface area contributed by atoms with E-state index in [1.165, 1.54) is 14.2 Å². The van der Waals surface area contributed by atoms with Crippen LogP contribution in [0.3, 0.4) is 0 Å². The molecule has 0 saturated carbocycles. The van der Waals surface area contributed by atoms with Crippen molar-refractivity contribution < 1.29 is 34.1 Å². The van der Waals surface area contributed by atoms with Gasteiger partial charge in [0.05, 0.1) is 20.6 Å². The van der Waals surface area contributed by atoms with Crippen molar-refractivity contribution in [3.05, 3.63) is 59.7 Å². The molecule has 9 heteroatoms. The Bertz CT molecular complexity index is 1010. The van der Waals surface area contributed by atoms with Crippen molar-refractivity contribution in [1.82, 2.24) is 10.6 Å². The molecule has 0 saturated heterocycles. The quantitative estimate of drug-likeness (QED) is 0.317. The first-order valence-corrected chi connectivity index (χ1v) is 11.3. The lowest BCUT2D eigenvalue weighted by atomic mass is 9.81. The van der Waals surface area contributed by atoms with Crippen LogP contribution in [0.1, 0.15) is 37.8 Å². The summed E-state index contributed by atoms with van der Waals surface area (Å²) in [7, 11) is 2.71. The van der Waals surface area contributed by atoms with Gasteiger partial charge in [-0.15, -0.1) is 0 Å². The van der Waals surface area contributed by atoms with E-state index in [9.17, 15) is 24.6 Å². The van der Waals surface area contributed by atoms with Crippen LogP contribution in [0.2, 0.25) is 0 Å². The Morgan fingerprint density at radius 3 is 2.29 bits per heavy atom. The van der Waals surface area contributed by atoms with Crippen LogP contribution in [0.5, 0.6) is 11.5 Å². The number of phenols is 1.